The lowest BCUT2D eigenvalue weighted by molar-refractivity contribution is -0.137. The fourth-order valence-corrected chi connectivity index (χ4v) is 2.26. The third-order valence-corrected chi connectivity index (χ3v) is 3.52. The van der Waals surface area contributed by atoms with Gasteiger partial charge in [0.25, 0.3) is 0 Å². The minimum absolute atomic E-state index is 0.291. The Labute approximate surface area is 157 Å². The van der Waals surface area contributed by atoms with Crippen LogP contribution in [0.25, 0.3) is 10.9 Å². The van der Waals surface area contributed by atoms with Gasteiger partial charge in [0.15, 0.2) is 0 Å². The third-order valence-electron chi connectivity index (χ3n) is 3.52. The molecular formula is C20H25F3N4. The lowest BCUT2D eigenvalue weighted by Gasteiger charge is -2.12. The first-order chi connectivity index (χ1) is 12.9. The van der Waals surface area contributed by atoms with Crippen molar-refractivity contribution in [1.29, 1.82) is 0 Å². The second-order valence-corrected chi connectivity index (χ2v) is 5.12. The molecule has 0 aliphatic carbocycles. The quantitative estimate of drug-likeness (QED) is 0.511. The van der Waals surface area contributed by atoms with Crippen molar-refractivity contribution in [2.24, 2.45) is 0 Å². The Morgan fingerprint density at radius 3 is 2.26 bits per heavy atom. The van der Waals surface area contributed by atoms with E-state index < -0.39 is 11.7 Å². The summed E-state index contributed by atoms with van der Waals surface area (Å²) in [6.45, 7) is 9.86. The zero-order valence-corrected chi connectivity index (χ0v) is 16.1. The minimum Gasteiger partial charge on any atom is -0.397 e. The van der Waals surface area contributed by atoms with Crippen LogP contribution >= 0.6 is 0 Å². The minimum atomic E-state index is -4.40. The van der Waals surface area contributed by atoms with Crippen LogP contribution in [-0.2, 0) is 6.18 Å². The summed E-state index contributed by atoms with van der Waals surface area (Å²) in [5.74, 6) is 0.404. The highest BCUT2D eigenvalue weighted by atomic mass is 19.4. The second-order valence-electron chi connectivity index (χ2n) is 5.12. The summed E-state index contributed by atoms with van der Waals surface area (Å²) in [6.07, 6.45) is -3.07. The van der Waals surface area contributed by atoms with E-state index in [4.69, 9.17) is 5.73 Å². The van der Waals surface area contributed by atoms with Gasteiger partial charge in [0, 0.05) is 11.1 Å². The fraction of sp³-hybridized carbons (Fsp3) is 0.300. The zero-order chi connectivity index (χ0) is 20.6. The Balaban J connectivity index is 0.000000855. The molecule has 1 aromatic heterocycles. The monoisotopic (exact) mass is 378 g/mol. The molecule has 0 aliphatic heterocycles. The molecule has 0 aliphatic rings. The van der Waals surface area contributed by atoms with Crippen molar-refractivity contribution in [2.75, 3.05) is 11.1 Å². The van der Waals surface area contributed by atoms with E-state index in [9.17, 15) is 13.2 Å². The van der Waals surface area contributed by atoms with E-state index in [1.807, 2.05) is 40.7 Å². The van der Waals surface area contributed by atoms with Crippen LogP contribution in [0, 0.1) is 6.92 Å². The molecule has 0 saturated carbocycles. The van der Waals surface area contributed by atoms with Crippen LogP contribution in [0.4, 0.5) is 30.4 Å². The average Bonchev–Trinajstić information content (AvgIpc) is 2.68. The molecule has 4 nitrogen and oxygen atoms in total. The van der Waals surface area contributed by atoms with Gasteiger partial charge < -0.3 is 11.1 Å². The van der Waals surface area contributed by atoms with Gasteiger partial charge in [-0.05, 0) is 36.8 Å². The summed E-state index contributed by atoms with van der Waals surface area (Å²) in [5, 5.41) is 3.55. The van der Waals surface area contributed by atoms with Gasteiger partial charge in [-0.3, -0.25) is 0 Å². The van der Waals surface area contributed by atoms with Gasteiger partial charge in [0.1, 0.15) is 12.1 Å². The molecule has 0 unspecified atom stereocenters. The molecule has 0 saturated heterocycles. The summed E-state index contributed by atoms with van der Waals surface area (Å²) in [5.41, 5.74) is 7.53. The van der Waals surface area contributed by atoms with Crippen LogP contribution in [0.1, 0.15) is 38.8 Å². The average molecular weight is 378 g/mol. The standard InChI is InChI=1S/C16H13F3N4.2C2H6/c1-9-5-6-12-14(13(9)20)21-8-22-15(12)23-11-4-2-3-10(7-11)16(17,18)19;2*1-2/h2-8H,20H2,1H3,(H,21,22,23);2*1-2H3. The van der Waals surface area contributed by atoms with Gasteiger partial charge in [-0.25, -0.2) is 9.97 Å². The van der Waals surface area contributed by atoms with Crippen LogP contribution in [0.2, 0.25) is 0 Å². The predicted octanol–water partition coefficient (Wildman–Crippen LogP) is 6.34. The van der Waals surface area contributed by atoms with Crippen molar-refractivity contribution >= 4 is 28.1 Å². The van der Waals surface area contributed by atoms with E-state index in [1.54, 1.807) is 12.1 Å². The number of nitrogens with one attached hydrogen (secondary N) is 1. The molecule has 3 N–H and O–H groups in total. The van der Waals surface area contributed by atoms with Crippen LogP contribution in [0.15, 0.2) is 42.7 Å². The number of hydrogen-bond donors (Lipinski definition) is 2. The normalized spacial score (nSPS) is 10.4. The smallest absolute Gasteiger partial charge is 0.397 e. The molecule has 3 rings (SSSR count). The van der Waals surface area contributed by atoms with Crippen LogP contribution < -0.4 is 11.1 Å². The number of nitrogen functional groups attached to an aromatic ring is 1. The highest BCUT2D eigenvalue weighted by Crippen LogP contribution is 2.32. The van der Waals surface area contributed by atoms with E-state index in [1.165, 1.54) is 12.4 Å². The first-order valence-corrected chi connectivity index (χ1v) is 8.80. The maximum absolute atomic E-state index is 12.8. The van der Waals surface area contributed by atoms with E-state index in [0.717, 1.165) is 17.7 Å². The highest BCUT2D eigenvalue weighted by molar-refractivity contribution is 5.98. The predicted molar refractivity (Wildman–Crippen MR) is 106 cm³/mol. The van der Waals surface area contributed by atoms with Gasteiger partial charge >= 0.3 is 6.18 Å². The number of nitrogens with two attached hydrogens (primary N) is 1. The van der Waals surface area contributed by atoms with Crippen molar-refractivity contribution in [3.63, 3.8) is 0 Å². The van der Waals surface area contributed by atoms with E-state index in [0.29, 0.717) is 28.1 Å². The molecule has 0 radical (unpaired) electrons. The van der Waals surface area contributed by atoms with Gasteiger partial charge in [0.2, 0.25) is 0 Å². The molecule has 3 aromatic rings. The second kappa shape index (κ2) is 9.75. The largest absolute Gasteiger partial charge is 0.416 e. The third kappa shape index (κ3) is 5.32. The number of anilines is 3. The van der Waals surface area contributed by atoms with Gasteiger partial charge in [0.05, 0.1) is 16.8 Å². The first kappa shape index (κ1) is 22.2. The number of benzene rings is 2. The molecule has 2 aromatic carbocycles. The number of alkyl halides is 3. The van der Waals surface area contributed by atoms with E-state index in [2.05, 4.69) is 15.3 Å². The summed E-state index contributed by atoms with van der Waals surface area (Å²) in [7, 11) is 0. The first-order valence-electron chi connectivity index (χ1n) is 8.80. The zero-order valence-electron chi connectivity index (χ0n) is 16.1. The number of aromatic nitrogens is 2. The summed E-state index contributed by atoms with van der Waals surface area (Å²) in [4.78, 5) is 8.25. The van der Waals surface area contributed by atoms with Gasteiger partial charge in [-0.1, -0.05) is 39.8 Å². The number of halogens is 3. The van der Waals surface area contributed by atoms with Crippen molar-refractivity contribution < 1.29 is 13.2 Å². The summed E-state index contributed by atoms with van der Waals surface area (Å²) >= 11 is 0. The lowest BCUT2D eigenvalue weighted by atomic mass is 10.1. The highest BCUT2D eigenvalue weighted by Gasteiger charge is 2.30. The SMILES string of the molecule is CC.CC.Cc1ccc2c(Nc3cccc(C(F)(F)F)c3)ncnc2c1N. The molecule has 146 valence electrons. The van der Waals surface area contributed by atoms with Crippen LogP contribution in [0.5, 0.6) is 0 Å². The van der Waals surface area contributed by atoms with Crippen molar-refractivity contribution in [1.82, 2.24) is 9.97 Å². The lowest BCUT2D eigenvalue weighted by Crippen LogP contribution is -2.05. The molecule has 7 heteroatoms. The van der Waals surface area contributed by atoms with Crippen molar-refractivity contribution in [3.8, 4) is 0 Å². The van der Waals surface area contributed by atoms with Crippen molar-refractivity contribution in [3.05, 3.63) is 53.9 Å². The van der Waals surface area contributed by atoms with Crippen LogP contribution in [-0.4, -0.2) is 9.97 Å². The number of hydrogen-bond acceptors (Lipinski definition) is 4. The number of nitrogens with zero attached hydrogens (tertiary/aromatic N) is 2. The van der Waals surface area contributed by atoms with E-state index >= 15 is 0 Å². The molecule has 0 bridgehead atoms. The maximum atomic E-state index is 12.8. The summed E-state index contributed by atoms with van der Waals surface area (Å²) in [6, 6.07) is 8.54. The molecule has 0 spiro atoms. The van der Waals surface area contributed by atoms with Gasteiger partial charge in [-0.2, -0.15) is 13.2 Å². The molecule has 0 amide bonds. The van der Waals surface area contributed by atoms with E-state index in [-0.39, 0.29) is 0 Å². The van der Waals surface area contributed by atoms with Crippen LogP contribution in [0.3, 0.4) is 0 Å². The Morgan fingerprint density at radius 2 is 1.63 bits per heavy atom. The summed E-state index contributed by atoms with van der Waals surface area (Å²) < 4.78 is 38.4. The number of rotatable bonds is 2. The Kier molecular flexibility index (Phi) is 8.02. The Bertz CT molecular complexity index is 877. The Hall–Kier alpha value is -2.83. The fourth-order valence-electron chi connectivity index (χ4n) is 2.26. The maximum Gasteiger partial charge on any atom is 0.416 e. The molecule has 0 atom stereocenters. The Morgan fingerprint density at radius 1 is 0.963 bits per heavy atom. The molecule has 1 heterocycles. The molecule has 0 fully saturated rings. The van der Waals surface area contributed by atoms with Gasteiger partial charge in [-0.15, -0.1) is 0 Å². The topological polar surface area (TPSA) is 63.8 Å². The molecule has 27 heavy (non-hydrogen) atoms. The number of fused-ring (bicyclic) bond motifs is 1. The van der Waals surface area contributed by atoms with Crippen molar-refractivity contribution in [2.45, 2.75) is 40.8 Å². The number of aryl methyl sites for hydroxylation is 1. The molecular weight excluding hydrogens is 353 g/mol.